The highest BCUT2D eigenvalue weighted by Crippen LogP contribution is 2.37. The highest BCUT2D eigenvalue weighted by molar-refractivity contribution is 5.93. The summed E-state index contributed by atoms with van der Waals surface area (Å²) in [6.07, 6.45) is 6.14. The van der Waals surface area contributed by atoms with Crippen LogP contribution in [0, 0.1) is 5.82 Å². The van der Waals surface area contributed by atoms with Crippen molar-refractivity contribution in [1.29, 1.82) is 0 Å². The molecule has 1 saturated heterocycles. The van der Waals surface area contributed by atoms with Gasteiger partial charge in [-0.3, -0.25) is 9.78 Å². The Morgan fingerprint density at radius 1 is 1.17 bits per heavy atom. The molecule has 1 N–H and O–H groups in total. The van der Waals surface area contributed by atoms with E-state index in [0.29, 0.717) is 17.8 Å². The summed E-state index contributed by atoms with van der Waals surface area (Å²) in [5.41, 5.74) is 2.85. The summed E-state index contributed by atoms with van der Waals surface area (Å²) in [4.78, 5) is 23.6. The lowest BCUT2D eigenvalue weighted by atomic mass is 9.98. The zero-order valence-corrected chi connectivity index (χ0v) is 17.6. The number of carbonyl (C=O) groups is 1. The molecule has 30 heavy (non-hydrogen) atoms. The molecule has 0 radical (unpaired) electrons. The number of halogens is 1. The van der Waals surface area contributed by atoms with Crippen LogP contribution >= 0.6 is 0 Å². The molecule has 1 amide bonds. The average Bonchev–Trinajstić information content (AvgIpc) is 3.40. The smallest absolute Gasteiger partial charge is 0.271 e. The Kier molecular flexibility index (Phi) is 5.65. The van der Waals surface area contributed by atoms with Gasteiger partial charge in [-0.2, -0.15) is 0 Å². The lowest BCUT2D eigenvalue weighted by Gasteiger charge is -2.27. The number of amides is 1. The molecule has 158 valence electrons. The van der Waals surface area contributed by atoms with E-state index < -0.39 is 0 Å². The molecule has 2 atom stereocenters. The van der Waals surface area contributed by atoms with E-state index >= 15 is 0 Å². The monoisotopic (exact) mass is 410 g/mol. The number of aromatic nitrogens is 4. The minimum Gasteiger partial charge on any atom is -0.348 e. The molecule has 0 aliphatic carbocycles. The second-order valence-corrected chi connectivity index (χ2v) is 7.56. The number of hydrogen-bond donors (Lipinski definition) is 1. The predicted octanol–water partition coefficient (Wildman–Crippen LogP) is 3.70. The van der Waals surface area contributed by atoms with Gasteiger partial charge in [0.15, 0.2) is 11.3 Å². The maximum atomic E-state index is 14.1. The average molecular weight is 410 g/mol. The third kappa shape index (κ3) is 3.62. The van der Waals surface area contributed by atoms with Gasteiger partial charge in [0.05, 0.1) is 18.4 Å². The van der Waals surface area contributed by atoms with Crippen LogP contribution in [0.15, 0.2) is 30.6 Å². The predicted molar refractivity (Wildman–Crippen MR) is 113 cm³/mol. The molecule has 0 saturated carbocycles. The molecule has 2 aliphatic heterocycles. The van der Waals surface area contributed by atoms with Gasteiger partial charge >= 0.3 is 0 Å². The molecule has 8 heteroatoms. The quantitative estimate of drug-likeness (QED) is 0.612. The Labute approximate surface area is 175 Å². The standard InChI is InChI=1S/C20H21FN6O.C2H6/c1-12-4-5-15-14(9-13(21)10-22-15)16-3-2-8-26(16)19-7-6-18-23-11-17(20(28)24-12)27(18)25-19;1-2/h6-7,9-12,16H,2-5,8H2,1H3,(H,24,28);1-2H3/t12?,16-;/m1./s1. The van der Waals surface area contributed by atoms with Crippen LogP contribution in [0.2, 0.25) is 0 Å². The molecule has 2 bridgehead atoms. The molecule has 7 nitrogen and oxygen atoms in total. The van der Waals surface area contributed by atoms with Crippen molar-refractivity contribution < 1.29 is 9.18 Å². The van der Waals surface area contributed by atoms with Crippen LogP contribution in [0.4, 0.5) is 10.2 Å². The summed E-state index contributed by atoms with van der Waals surface area (Å²) in [5.74, 6) is 0.232. The van der Waals surface area contributed by atoms with Crippen LogP contribution in [0.25, 0.3) is 5.65 Å². The molecule has 0 spiro atoms. The number of pyridine rings is 1. The fourth-order valence-electron chi connectivity index (χ4n) is 4.24. The Balaban J connectivity index is 0.00000106. The Hall–Kier alpha value is -3.03. The number of anilines is 1. The fraction of sp³-hybridized carbons (Fsp3) is 0.455. The summed E-state index contributed by atoms with van der Waals surface area (Å²) in [7, 11) is 0. The van der Waals surface area contributed by atoms with E-state index in [4.69, 9.17) is 5.10 Å². The number of nitrogens with zero attached hydrogens (tertiary/aromatic N) is 5. The van der Waals surface area contributed by atoms with Gasteiger partial charge in [0.25, 0.3) is 5.91 Å². The normalized spacial score (nSPS) is 20.9. The van der Waals surface area contributed by atoms with Gasteiger partial charge in [0.1, 0.15) is 11.6 Å². The minimum absolute atomic E-state index is 0.0230. The van der Waals surface area contributed by atoms with Gasteiger partial charge in [-0.15, -0.1) is 5.10 Å². The van der Waals surface area contributed by atoms with Crippen molar-refractivity contribution in [1.82, 2.24) is 24.9 Å². The van der Waals surface area contributed by atoms with Gasteiger partial charge in [0, 0.05) is 18.3 Å². The summed E-state index contributed by atoms with van der Waals surface area (Å²) >= 11 is 0. The molecule has 3 aromatic heterocycles. The molecule has 1 unspecified atom stereocenters. The van der Waals surface area contributed by atoms with Crippen molar-refractivity contribution >= 4 is 17.4 Å². The maximum Gasteiger partial charge on any atom is 0.271 e. The number of nitrogens with one attached hydrogen (secondary N) is 1. The molecular weight excluding hydrogens is 383 g/mol. The number of fused-ring (bicyclic) bond motifs is 5. The van der Waals surface area contributed by atoms with Gasteiger partial charge in [-0.1, -0.05) is 13.8 Å². The molecule has 2 aliphatic rings. The third-order valence-corrected chi connectivity index (χ3v) is 5.65. The Morgan fingerprint density at radius 2 is 2.00 bits per heavy atom. The first-order valence-electron chi connectivity index (χ1n) is 10.7. The SMILES string of the molecule is CC.CC1CCc2ncc(F)cc2[C@H]2CCCN2c2ccc3ncc(n3n2)C(=O)N1. The third-order valence-electron chi connectivity index (χ3n) is 5.65. The van der Waals surface area contributed by atoms with Gasteiger partial charge in [-0.05, 0) is 56.4 Å². The van der Waals surface area contributed by atoms with Crippen molar-refractivity contribution in [3.05, 3.63) is 53.4 Å². The van der Waals surface area contributed by atoms with E-state index in [1.165, 1.54) is 6.20 Å². The highest BCUT2D eigenvalue weighted by atomic mass is 19.1. The maximum absolute atomic E-state index is 14.1. The van der Waals surface area contributed by atoms with Gasteiger partial charge in [0.2, 0.25) is 0 Å². The fourth-order valence-corrected chi connectivity index (χ4v) is 4.24. The van der Waals surface area contributed by atoms with Crippen molar-refractivity contribution in [2.24, 2.45) is 0 Å². The van der Waals surface area contributed by atoms with E-state index in [2.05, 4.69) is 20.2 Å². The van der Waals surface area contributed by atoms with Crippen molar-refractivity contribution in [2.75, 3.05) is 11.4 Å². The van der Waals surface area contributed by atoms with Crippen molar-refractivity contribution in [2.45, 2.75) is 58.5 Å². The van der Waals surface area contributed by atoms with Crippen LogP contribution in [0.3, 0.4) is 0 Å². The van der Waals surface area contributed by atoms with Crippen LogP contribution in [0.5, 0.6) is 0 Å². The number of hydrogen-bond acceptors (Lipinski definition) is 5. The Morgan fingerprint density at radius 3 is 2.83 bits per heavy atom. The van der Waals surface area contributed by atoms with E-state index in [9.17, 15) is 9.18 Å². The van der Waals surface area contributed by atoms with Gasteiger partial charge < -0.3 is 10.2 Å². The molecule has 5 heterocycles. The van der Waals surface area contributed by atoms with E-state index in [0.717, 1.165) is 42.9 Å². The largest absolute Gasteiger partial charge is 0.348 e. The first-order chi connectivity index (χ1) is 14.6. The topological polar surface area (TPSA) is 75.4 Å². The molecule has 3 aromatic rings. The lowest BCUT2D eigenvalue weighted by Crippen LogP contribution is -2.33. The number of carbonyl (C=O) groups excluding carboxylic acids is 1. The zero-order chi connectivity index (χ0) is 21.3. The molecule has 5 rings (SSSR count). The van der Waals surface area contributed by atoms with Crippen molar-refractivity contribution in [3.8, 4) is 0 Å². The number of rotatable bonds is 0. The van der Waals surface area contributed by atoms with Gasteiger partial charge in [-0.25, -0.2) is 13.9 Å². The first kappa shape index (κ1) is 20.3. The Bertz CT molecular complexity index is 1060. The second-order valence-electron chi connectivity index (χ2n) is 7.56. The summed E-state index contributed by atoms with van der Waals surface area (Å²) in [6, 6.07) is 5.35. The highest BCUT2D eigenvalue weighted by Gasteiger charge is 2.31. The van der Waals surface area contributed by atoms with E-state index in [-0.39, 0.29) is 23.8 Å². The molecule has 0 aromatic carbocycles. The van der Waals surface area contributed by atoms with Crippen LogP contribution < -0.4 is 10.2 Å². The van der Waals surface area contributed by atoms with Crippen LogP contribution in [-0.2, 0) is 6.42 Å². The van der Waals surface area contributed by atoms with Crippen LogP contribution in [0.1, 0.15) is 67.8 Å². The van der Waals surface area contributed by atoms with Crippen molar-refractivity contribution in [3.63, 3.8) is 0 Å². The summed E-state index contributed by atoms with van der Waals surface area (Å²) < 4.78 is 15.6. The molecule has 1 fully saturated rings. The molecular formula is C22H27FN6O. The second kappa shape index (κ2) is 8.38. The lowest BCUT2D eigenvalue weighted by molar-refractivity contribution is 0.0931. The summed E-state index contributed by atoms with van der Waals surface area (Å²) in [5, 5.41) is 7.71. The summed E-state index contributed by atoms with van der Waals surface area (Å²) in [6.45, 7) is 6.79. The minimum atomic E-state index is -0.323. The van der Waals surface area contributed by atoms with E-state index in [1.807, 2.05) is 32.9 Å². The zero-order valence-electron chi connectivity index (χ0n) is 17.6. The number of aryl methyl sites for hydroxylation is 1. The first-order valence-corrected chi connectivity index (χ1v) is 10.7. The van der Waals surface area contributed by atoms with Crippen LogP contribution in [-0.4, -0.2) is 38.1 Å². The number of imidazole rings is 1. The van der Waals surface area contributed by atoms with E-state index in [1.54, 1.807) is 16.8 Å².